The second-order valence-electron chi connectivity index (χ2n) is 15.0. The number of aryl methyl sites for hydroxylation is 2. The lowest BCUT2D eigenvalue weighted by Crippen LogP contribution is -2.48. The Morgan fingerprint density at radius 2 is 1.74 bits per heavy atom. The van der Waals surface area contributed by atoms with Crippen molar-refractivity contribution < 1.29 is 23.3 Å². The van der Waals surface area contributed by atoms with Crippen LogP contribution in [0.3, 0.4) is 0 Å². The van der Waals surface area contributed by atoms with Crippen molar-refractivity contribution in [1.29, 1.82) is 0 Å². The first-order valence-corrected chi connectivity index (χ1v) is 20.6. The molecule has 4 aromatic rings. The second-order valence-corrected chi connectivity index (χ2v) is 16.5. The fourth-order valence-corrected chi connectivity index (χ4v) is 9.51. The Kier molecular flexibility index (Phi) is 10.7. The minimum Gasteiger partial charge on any atom is -0.497 e. The number of hydrogen-bond acceptors (Lipinski definition) is 6. The lowest BCUT2D eigenvalue weighted by atomic mass is 9.86. The zero-order chi connectivity index (χ0) is 37.6. The minimum absolute atomic E-state index is 0.0385. The van der Waals surface area contributed by atoms with E-state index in [9.17, 15) is 13.8 Å². The molecule has 3 atom stereocenters. The van der Waals surface area contributed by atoms with Crippen LogP contribution >= 0.6 is 0 Å². The van der Waals surface area contributed by atoms with Gasteiger partial charge in [-0.25, -0.2) is 4.21 Å². The summed E-state index contributed by atoms with van der Waals surface area (Å²) in [7, 11) is 0.287. The summed E-state index contributed by atoms with van der Waals surface area (Å²) in [4.78, 5) is 30.1. The summed E-state index contributed by atoms with van der Waals surface area (Å²) >= 11 is 0. The van der Waals surface area contributed by atoms with Gasteiger partial charge in [-0.3, -0.25) is 19.0 Å². The van der Waals surface area contributed by atoms with E-state index in [0.717, 1.165) is 83.3 Å². The summed E-state index contributed by atoms with van der Waals surface area (Å²) in [5.41, 5.74) is 8.97. The Morgan fingerprint density at radius 3 is 2.38 bits per heavy atom. The number of fused-ring (bicyclic) bond motifs is 5. The summed E-state index contributed by atoms with van der Waals surface area (Å²) in [5.74, 6) is 0.679. The number of ether oxygens (including phenoxy) is 2. The van der Waals surface area contributed by atoms with Crippen molar-refractivity contribution in [3.63, 3.8) is 0 Å². The van der Waals surface area contributed by atoms with Crippen molar-refractivity contribution in [2.45, 2.75) is 117 Å². The molecule has 1 unspecified atom stereocenters. The number of carbonyl (C=O) groups is 2. The predicted molar refractivity (Wildman–Crippen MR) is 212 cm³/mol. The Balaban J connectivity index is 1.47. The highest BCUT2D eigenvalue weighted by molar-refractivity contribution is 7.84. The maximum atomic E-state index is 14.6. The average molecular weight is 740 g/mol. The summed E-state index contributed by atoms with van der Waals surface area (Å²) in [5, 5.41) is 6.10. The largest absolute Gasteiger partial charge is 0.497 e. The summed E-state index contributed by atoms with van der Waals surface area (Å²) in [6.45, 7) is 14.6. The molecule has 1 N–H and O–H groups in total. The highest BCUT2D eigenvalue weighted by atomic mass is 32.2. The van der Waals surface area contributed by atoms with Gasteiger partial charge in [0.25, 0.3) is 11.8 Å². The molecule has 53 heavy (non-hydrogen) atoms. The van der Waals surface area contributed by atoms with E-state index in [4.69, 9.17) is 14.6 Å². The highest BCUT2D eigenvalue weighted by Gasteiger charge is 2.35. The van der Waals surface area contributed by atoms with Crippen LogP contribution in [0.4, 0.5) is 0 Å². The molecule has 1 saturated heterocycles. The van der Waals surface area contributed by atoms with Crippen LogP contribution in [0.1, 0.15) is 122 Å². The number of rotatable bonds is 12. The first kappa shape index (κ1) is 37.1. The third-order valence-corrected chi connectivity index (χ3v) is 12.4. The normalized spacial score (nSPS) is 19.1. The standard InChI is InChI=1S/C42H53N5O5S/c1-8-11-28(12-9-2)38-35-17-13-29(41(48)44-53(50)33-15-16-33)21-36(35)46-24-31(19-30-20-32(51-7)14-18-34(30)40(38)46)39-37(27(6)43-47(39)10-3)42(49)45-22-25(4)52-26(5)23-45/h13-14,17-21,25-26,28,33H,8-12,15-16,22-24H2,1-7H3,(H,44,48)/t25-,26+,53?. The number of hydrogen-bond donors (Lipinski definition) is 1. The van der Waals surface area contributed by atoms with Gasteiger partial charge < -0.3 is 18.9 Å². The quantitative estimate of drug-likeness (QED) is 0.158. The van der Waals surface area contributed by atoms with Gasteiger partial charge in [0, 0.05) is 41.7 Å². The number of morpholine rings is 1. The molecule has 2 amide bonds. The molecule has 4 heterocycles. The molecule has 11 heteroatoms. The molecule has 0 spiro atoms. The van der Waals surface area contributed by atoms with Gasteiger partial charge in [0.2, 0.25) is 0 Å². The molecule has 2 fully saturated rings. The van der Waals surface area contributed by atoms with Crippen LogP contribution in [-0.4, -0.2) is 72.9 Å². The Morgan fingerprint density at radius 1 is 1.02 bits per heavy atom. The van der Waals surface area contributed by atoms with E-state index in [1.54, 1.807) is 7.11 Å². The first-order chi connectivity index (χ1) is 25.6. The minimum atomic E-state index is -1.40. The van der Waals surface area contributed by atoms with Crippen molar-refractivity contribution >= 4 is 45.4 Å². The van der Waals surface area contributed by atoms with Crippen LogP contribution in [0.5, 0.6) is 5.75 Å². The molecule has 1 aliphatic carbocycles. The van der Waals surface area contributed by atoms with Crippen molar-refractivity contribution in [3.05, 3.63) is 70.0 Å². The predicted octanol–water partition coefficient (Wildman–Crippen LogP) is 7.89. The number of nitrogens with zero attached hydrogens (tertiary/aromatic N) is 4. The van der Waals surface area contributed by atoms with Crippen LogP contribution in [0.2, 0.25) is 0 Å². The molecule has 0 radical (unpaired) electrons. The monoisotopic (exact) mass is 739 g/mol. The zero-order valence-electron chi connectivity index (χ0n) is 32.2. The van der Waals surface area contributed by atoms with Crippen molar-refractivity contribution in [2.24, 2.45) is 0 Å². The molecule has 2 aromatic heterocycles. The lowest BCUT2D eigenvalue weighted by molar-refractivity contribution is -0.0586. The maximum Gasteiger partial charge on any atom is 0.263 e. The Bertz CT molecular complexity index is 2090. The molecule has 7 rings (SSSR count). The van der Waals surface area contributed by atoms with Crippen LogP contribution in [-0.2, 0) is 28.8 Å². The molecular formula is C42H53N5O5S. The van der Waals surface area contributed by atoms with Crippen LogP contribution in [0.15, 0.2) is 36.4 Å². The van der Waals surface area contributed by atoms with E-state index in [0.29, 0.717) is 48.9 Å². The van der Waals surface area contributed by atoms with Crippen molar-refractivity contribution in [3.8, 4) is 17.0 Å². The topological polar surface area (TPSA) is 108 Å². The maximum absolute atomic E-state index is 14.6. The molecule has 0 bridgehead atoms. The molecule has 10 nitrogen and oxygen atoms in total. The summed E-state index contributed by atoms with van der Waals surface area (Å²) < 4.78 is 31.6. The fourth-order valence-electron chi connectivity index (χ4n) is 8.48. The SMILES string of the molecule is CCCC(CCC)c1c2n(c3cc(C(=O)NS(=O)C4CC4)ccc13)CC(c1c(C(=O)N3C[C@@H](C)O[C@@H](C)C3)c(C)nn1CC)=Cc1cc(OC)ccc1-2. The van der Waals surface area contributed by atoms with Crippen molar-refractivity contribution in [2.75, 3.05) is 20.2 Å². The number of benzene rings is 2. The fraction of sp³-hybridized carbons (Fsp3) is 0.500. The van der Waals surface area contributed by atoms with E-state index >= 15 is 0 Å². The summed E-state index contributed by atoms with van der Waals surface area (Å²) in [6, 6.07) is 12.2. The third kappa shape index (κ3) is 7.10. The van der Waals surface area contributed by atoms with Crippen molar-refractivity contribution in [1.82, 2.24) is 24.0 Å². The van der Waals surface area contributed by atoms with Crippen LogP contribution in [0.25, 0.3) is 33.8 Å². The van der Waals surface area contributed by atoms with Gasteiger partial charge in [0.1, 0.15) is 16.7 Å². The molecule has 3 aliphatic rings. The molecule has 2 aliphatic heterocycles. The summed E-state index contributed by atoms with van der Waals surface area (Å²) in [6.07, 6.45) is 7.97. The van der Waals surface area contributed by atoms with E-state index in [1.807, 2.05) is 48.6 Å². The van der Waals surface area contributed by atoms with E-state index in [-0.39, 0.29) is 29.3 Å². The third-order valence-electron chi connectivity index (χ3n) is 10.9. The van der Waals surface area contributed by atoms with Gasteiger partial charge in [-0.05, 0) is 112 Å². The van der Waals surface area contributed by atoms with Gasteiger partial charge in [0.15, 0.2) is 0 Å². The van der Waals surface area contributed by atoms with Gasteiger partial charge in [0.05, 0.1) is 53.8 Å². The van der Waals surface area contributed by atoms with E-state index in [1.165, 1.54) is 5.56 Å². The van der Waals surface area contributed by atoms with Gasteiger partial charge >= 0.3 is 0 Å². The number of allylic oxidation sites excluding steroid dienone is 1. The van der Waals surface area contributed by atoms with E-state index in [2.05, 4.69) is 54.3 Å². The number of amides is 2. The van der Waals surface area contributed by atoms with E-state index < -0.39 is 11.0 Å². The molecule has 1 saturated carbocycles. The Hall–Kier alpha value is -4.22. The van der Waals surface area contributed by atoms with Gasteiger partial charge in [-0.1, -0.05) is 32.8 Å². The zero-order valence-corrected chi connectivity index (χ0v) is 33.0. The molecule has 282 valence electrons. The number of aromatic nitrogens is 3. The number of methoxy groups -OCH3 is 1. The first-order valence-electron chi connectivity index (χ1n) is 19.4. The second kappa shape index (κ2) is 15.3. The molecule has 2 aromatic carbocycles. The van der Waals surface area contributed by atoms with Crippen LogP contribution < -0.4 is 9.46 Å². The van der Waals surface area contributed by atoms with Gasteiger partial charge in [-0.2, -0.15) is 5.10 Å². The smallest absolute Gasteiger partial charge is 0.263 e. The number of nitrogens with one attached hydrogen (secondary N) is 1. The van der Waals surface area contributed by atoms with Gasteiger partial charge in [-0.15, -0.1) is 0 Å². The highest BCUT2D eigenvalue weighted by Crippen LogP contribution is 2.47. The molecular weight excluding hydrogens is 687 g/mol. The average Bonchev–Trinajstić information content (AvgIpc) is 3.90. The Labute approximate surface area is 315 Å². The lowest BCUT2D eigenvalue weighted by Gasteiger charge is -2.35. The number of carbonyl (C=O) groups excluding carboxylic acids is 2. The van der Waals surface area contributed by atoms with Crippen LogP contribution in [0, 0.1) is 6.92 Å².